The van der Waals surface area contributed by atoms with Gasteiger partial charge in [0.25, 0.3) is 11.8 Å². The van der Waals surface area contributed by atoms with Crippen LogP contribution in [0.1, 0.15) is 44.3 Å². The van der Waals surface area contributed by atoms with Crippen molar-refractivity contribution < 1.29 is 14.0 Å². The van der Waals surface area contributed by atoms with Gasteiger partial charge in [-0.2, -0.15) is 0 Å². The zero-order valence-electron chi connectivity index (χ0n) is 16.3. The molecule has 5 nitrogen and oxygen atoms in total. The molecule has 0 fully saturated rings. The molecule has 1 aromatic heterocycles. The SMILES string of the molecule is CCc1cccc(C)c1NC(=O)c1cncc(C(=O)NCc2ccc(F)cc2)c1. The van der Waals surface area contributed by atoms with Gasteiger partial charge in [-0.1, -0.05) is 37.3 Å². The van der Waals surface area contributed by atoms with Crippen LogP contribution >= 0.6 is 0 Å². The molecule has 0 unspecified atom stereocenters. The molecule has 29 heavy (non-hydrogen) atoms. The number of carbonyl (C=O) groups is 2. The average molecular weight is 391 g/mol. The summed E-state index contributed by atoms with van der Waals surface area (Å²) in [4.78, 5) is 29.1. The monoisotopic (exact) mass is 391 g/mol. The number of para-hydroxylation sites is 1. The van der Waals surface area contributed by atoms with E-state index in [1.807, 2.05) is 32.0 Å². The summed E-state index contributed by atoms with van der Waals surface area (Å²) < 4.78 is 13.0. The second kappa shape index (κ2) is 9.10. The van der Waals surface area contributed by atoms with E-state index in [9.17, 15) is 14.0 Å². The lowest BCUT2D eigenvalue weighted by Crippen LogP contribution is -2.23. The third kappa shape index (κ3) is 5.04. The van der Waals surface area contributed by atoms with Gasteiger partial charge >= 0.3 is 0 Å². The van der Waals surface area contributed by atoms with E-state index in [1.165, 1.54) is 30.6 Å². The molecule has 0 atom stereocenters. The van der Waals surface area contributed by atoms with E-state index >= 15 is 0 Å². The molecule has 0 saturated heterocycles. The molecule has 0 bridgehead atoms. The van der Waals surface area contributed by atoms with Crippen LogP contribution in [0.5, 0.6) is 0 Å². The minimum atomic E-state index is -0.360. The maximum atomic E-state index is 13.0. The normalized spacial score (nSPS) is 10.4. The predicted molar refractivity (Wildman–Crippen MR) is 110 cm³/mol. The van der Waals surface area contributed by atoms with Crippen molar-refractivity contribution in [1.82, 2.24) is 10.3 Å². The standard InChI is InChI=1S/C23H22FN3O2/c1-3-17-6-4-5-15(2)21(17)27-23(29)19-11-18(13-25-14-19)22(28)26-12-16-7-9-20(24)10-8-16/h4-11,13-14H,3,12H2,1-2H3,(H,26,28)(H,27,29). The molecule has 6 heteroatoms. The number of hydrogen-bond donors (Lipinski definition) is 2. The summed E-state index contributed by atoms with van der Waals surface area (Å²) in [5.41, 5.74) is 4.14. The number of carbonyl (C=O) groups excluding carboxylic acids is 2. The molecule has 1 heterocycles. The highest BCUT2D eigenvalue weighted by Gasteiger charge is 2.14. The van der Waals surface area contributed by atoms with Crippen LogP contribution in [0.3, 0.4) is 0 Å². The van der Waals surface area contributed by atoms with E-state index in [0.717, 1.165) is 28.8 Å². The van der Waals surface area contributed by atoms with Gasteiger partial charge in [-0.3, -0.25) is 14.6 Å². The lowest BCUT2D eigenvalue weighted by molar-refractivity contribution is 0.0950. The number of pyridine rings is 1. The molecule has 2 N–H and O–H groups in total. The topological polar surface area (TPSA) is 71.1 Å². The van der Waals surface area contributed by atoms with E-state index < -0.39 is 0 Å². The smallest absolute Gasteiger partial charge is 0.257 e. The maximum absolute atomic E-state index is 13.0. The maximum Gasteiger partial charge on any atom is 0.257 e. The molecular formula is C23H22FN3O2. The summed E-state index contributed by atoms with van der Waals surface area (Å²) >= 11 is 0. The Morgan fingerprint density at radius 3 is 2.38 bits per heavy atom. The van der Waals surface area contributed by atoms with E-state index in [1.54, 1.807) is 12.1 Å². The van der Waals surface area contributed by atoms with Gasteiger partial charge in [0.15, 0.2) is 0 Å². The molecule has 3 rings (SSSR count). The molecular weight excluding hydrogens is 369 g/mol. The predicted octanol–water partition coefficient (Wildman–Crippen LogP) is 4.27. The lowest BCUT2D eigenvalue weighted by Gasteiger charge is -2.13. The Labute approximate surface area is 169 Å². The fraction of sp³-hybridized carbons (Fsp3) is 0.174. The Morgan fingerprint density at radius 1 is 1.00 bits per heavy atom. The first-order valence-corrected chi connectivity index (χ1v) is 9.35. The third-order valence-corrected chi connectivity index (χ3v) is 4.61. The number of aromatic nitrogens is 1. The number of rotatable bonds is 6. The van der Waals surface area contributed by atoms with Gasteiger partial charge in [0, 0.05) is 24.6 Å². The minimum absolute atomic E-state index is 0.249. The second-order valence-corrected chi connectivity index (χ2v) is 6.69. The van der Waals surface area contributed by atoms with Crippen molar-refractivity contribution in [2.45, 2.75) is 26.8 Å². The van der Waals surface area contributed by atoms with Crippen LogP contribution in [-0.2, 0) is 13.0 Å². The molecule has 0 aliphatic rings. The van der Waals surface area contributed by atoms with E-state index in [-0.39, 0.29) is 29.7 Å². The summed E-state index contributed by atoms with van der Waals surface area (Å²) in [6.07, 6.45) is 3.62. The second-order valence-electron chi connectivity index (χ2n) is 6.69. The summed E-state index contributed by atoms with van der Waals surface area (Å²) in [5, 5.41) is 5.67. The molecule has 2 amide bonds. The Kier molecular flexibility index (Phi) is 6.34. The van der Waals surface area contributed by atoms with Crippen LogP contribution < -0.4 is 10.6 Å². The van der Waals surface area contributed by atoms with Crippen molar-refractivity contribution in [3.63, 3.8) is 0 Å². The van der Waals surface area contributed by atoms with Crippen LogP contribution in [0, 0.1) is 12.7 Å². The Morgan fingerprint density at radius 2 is 1.69 bits per heavy atom. The highest BCUT2D eigenvalue weighted by Crippen LogP contribution is 2.22. The summed E-state index contributed by atoms with van der Waals surface area (Å²) in [5.74, 6) is -1.01. The minimum Gasteiger partial charge on any atom is -0.348 e. The number of benzene rings is 2. The molecule has 0 radical (unpaired) electrons. The fourth-order valence-electron chi connectivity index (χ4n) is 2.96. The molecule has 2 aromatic carbocycles. The first-order chi connectivity index (χ1) is 14.0. The fourth-order valence-corrected chi connectivity index (χ4v) is 2.96. The first kappa shape index (κ1) is 20.2. The Balaban J connectivity index is 1.71. The number of aryl methyl sites for hydroxylation is 2. The Hall–Kier alpha value is -3.54. The first-order valence-electron chi connectivity index (χ1n) is 9.35. The van der Waals surface area contributed by atoms with Gasteiger partial charge in [-0.05, 0) is 48.2 Å². The summed E-state index contributed by atoms with van der Waals surface area (Å²) in [6, 6.07) is 13.3. The number of amides is 2. The summed E-state index contributed by atoms with van der Waals surface area (Å²) in [7, 11) is 0. The van der Waals surface area contributed by atoms with Crippen LogP contribution in [-0.4, -0.2) is 16.8 Å². The number of anilines is 1. The van der Waals surface area contributed by atoms with Crippen molar-refractivity contribution in [3.8, 4) is 0 Å². The van der Waals surface area contributed by atoms with E-state index in [2.05, 4.69) is 15.6 Å². The molecule has 3 aromatic rings. The van der Waals surface area contributed by atoms with Crippen molar-refractivity contribution in [2.24, 2.45) is 0 Å². The number of nitrogens with zero attached hydrogens (tertiary/aromatic N) is 1. The zero-order chi connectivity index (χ0) is 20.8. The highest BCUT2D eigenvalue weighted by atomic mass is 19.1. The van der Waals surface area contributed by atoms with Gasteiger partial charge < -0.3 is 10.6 Å². The summed E-state index contributed by atoms with van der Waals surface area (Å²) in [6.45, 7) is 4.21. The van der Waals surface area contributed by atoms with Crippen molar-refractivity contribution in [1.29, 1.82) is 0 Å². The van der Waals surface area contributed by atoms with Gasteiger partial charge in [0.05, 0.1) is 11.1 Å². The van der Waals surface area contributed by atoms with Crippen LogP contribution in [0.4, 0.5) is 10.1 Å². The number of hydrogen-bond acceptors (Lipinski definition) is 3. The van der Waals surface area contributed by atoms with Crippen LogP contribution in [0.15, 0.2) is 60.9 Å². The number of halogens is 1. The Bertz CT molecular complexity index is 1030. The van der Waals surface area contributed by atoms with E-state index in [4.69, 9.17) is 0 Å². The van der Waals surface area contributed by atoms with Gasteiger partial charge in [-0.15, -0.1) is 0 Å². The largest absolute Gasteiger partial charge is 0.348 e. The van der Waals surface area contributed by atoms with Crippen LogP contribution in [0.2, 0.25) is 0 Å². The third-order valence-electron chi connectivity index (χ3n) is 4.61. The highest BCUT2D eigenvalue weighted by molar-refractivity contribution is 6.06. The van der Waals surface area contributed by atoms with Gasteiger partial charge in [-0.25, -0.2) is 4.39 Å². The molecule has 0 aliphatic carbocycles. The quantitative estimate of drug-likeness (QED) is 0.659. The van der Waals surface area contributed by atoms with Gasteiger partial charge in [0.1, 0.15) is 5.82 Å². The van der Waals surface area contributed by atoms with Crippen molar-refractivity contribution in [2.75, 3.05) is 5.32 Å². The molecule has 0 saturated carbocycles. The zero-order valence-corrected chi connectivity index (χ0v) is 16.3. The van der Waals surface area contributed by atoms with Crippen molar-refractivity contribution >= 4 is 17.5 Å². The lowest BCUT2D eigenvalue weighted by atomic mass is 10.1. The average Bonchev–Trinajstić information content (AvgIpc) is 2.74. The number of nitrogens with one attached hydrogen (secondary N) is 2. The molecule has 0 spiro atoms. The van der Waals surface area contributed by atoms with E-state index in [0.29, 0.717) is 5.56 Å². The van der Waals surface area contributed by atoms with Crippen LogP contribution in [0.25, 0.3) is 0 Å². The molecule has 0 aliphatic heterocycles. The molecule has 148 valence electrons. The van der Waals surface area contributed by atoms with Crippen molar-refractivity contribution in [3.05, 3.63) is 94.6 Å². The van der Waals surface area contributed by atoms with Gasteiger partial charge in [0.2, 0.25) is 0 Å².